The van der Waals surface area contributed by atoms with Crippen LogP contribution in [0.25, 0.3) is 0 Å². The Balaban J connectivity index is 2.08. The average molecular weight is 325 g/mol. The molecule has 2 heterocycles. The Labute approximate surface area is 128 Å². The predicted molar refractivity (Wildman–Crippen MR) is 77.8 cm³/mol. The fourth-order valence-electron chi connectivity index (χ4n) is 3.12. The molecule has 0 spiro atoms. The van der Waals surface area contributed by atoms with Crippen molar-refractivity contribution in [1.29, 1.82) is 5.26 Å². The summed E-state index contributed by atoms with van der Waals surface area (Å²) in [4.78, 5) is 14.1. The molecule has 3 rings (SSSR count). The van der Waals surface area contributed by atoms with Gasteiger partial charge in [-0.15, -0.1) is 0 Å². The predicted octanol–water partition coefficient (Wildman–Crippen LogP) is 1.86. The topological polar surface area (TPSA) is 78.2 Å². The Morgan fingerprint density at radius 2 is 2.14 bits per heavy atom. The zero-order chi connectivity index (χ0) is 15.4. The van der Waals surface area contributed by atoms with E-state index in [2.05, 4.69) is 6.07 Å². The maximum absolute atomic E-state index is 12.7. The van der Waals surface area contributed by atoms with Crippen molar-refractivity contribution in [3.63, 3.8) is 0 Å². The number of nitrogens with zero attached hydrogens (tertiary/aromatic N) is 2. The van der Waals surface area contributed by atoms with Gasteiger partial charge < -0.3 is 4.90 Å². The molecule has 5 nitrogen and oxygen atoms in total. The van der Waals surface area contributed by atoms with Crippen LogP contribution < -0.4 is 0 Å². The molecule has 1 aromatic carbocycles. The molecule has 1 aromatic rings. The SMILES string of the molecule is Cc1c(Cl)ccc2c1C(=O)N(C1CCS(=O)(=O)C1)C2C#N. The Morgan fingerprint density at radius 3 is 2.71 bits per heavy atom. The fourth-order valence-corrected chi connectivity index (χ4v) is 4.99. The van der Waals surface area contributed by atoms with Gasteiger partial charge in [-0.1, -0.05) is 17.7 Å². The minimum atomic E-state index is -3.12. The van der Waals surface area contributed by atoms with Crippen LogP contribution in [0.1, 0.15) is 33.9 Å². The molecule has 0 aliphatic carbocycles. The molecule has 0 radical (unpaired) electrons. The lowest BCUT2D eigenvalue weighted by Crippen LogP contribution is -2.38. The zero-order valence-corrected chi connectivity index (χ0v) is 12.9. The summed E-state index contributed by atoms with van der Waals surface area (Å²) in [6.07, 6.45) is 0.382. The molecule has 2 aliphatic heterocycles. The highest BCUT2D eigenvalue weighted by molar-refractivity contribution is 7.91. The Morgan fingerprint density at radius 1 is 1.43 bits per heavy atom. The molecule has 21 heavy (non-hydrogen) atoms. The number of hydrogen-bond acceptors (Lipinski definition) is 4. The highest BCUT2D eigenvalue weighted by atomic mass is 35.5. The number of sulfone groups is 1. The van der Waals surface area contributed by atoms with Crippen molar-refractivity contribution in [2.24, 2.45) is 0 Å². The summed E-state index contributed by atoms with van der Waals surface area (Å²) in [7, 11) is -3.12. The maximum atomic E-state index is 12.7. The first-order chi connectivity index (χ1) is 9.85. The lowest BCUT2D eigenvalue weighted by Gasteiger charge is -2.26. The van der Waals surface area contributed by atoms with Gasteiger partial charge in [0.05, 0.1) is 23.1 Å². The second-order valence-electron chi connectivity index (χ2n) is 5.44. The van der Waals surface area contributed by atoms with Gasteiger partial charge in [-0.2, -0.15) is 5.26 Å². The van der Waals surface area contributed by atoms with Crippen LogP contribution in [0.3, 0.4) is 0 Å². The number of nitriles is 1. The summed E-state index contributed by atoms with van der Waals surface area (Å²) in [5.74, 6) is -0.299. The molecule has 0 N–H and O–H groups in total. The van der Waals surface area contributed by atoms with E-state index in [1.807, 2.05) is 0 Å². The molecule has 0 bridgehead atoms. The van der Waals surface area contributed by atoms with Gasteiger partial charge in [-0.05, 0) is 25.0 Å². The summed E-state index contributed by atoms with van der Waals surface area (Å²) in [6.45, 7) is 1.74. The third-order valence-electron chi connectivity index (χ3n) is 4.18. The van der Waals surface area contributed by atoms with E-state index in [-0.39, 0.29) is 17.4 Å². The van der Waals surface area contributed by atoms with Crippen LogP contribution in [0.2, 0.25) is 5.02 Å². The summed E-state index contributed by atoms with van der Waals surface area (Å²) in [5.41, 5.74) is 1.70. The largest absolute Gasteiger partial charge is 0.314 e. The van der Waals surface area contributed by atoms with E-state index < -0.39 is 21.9 Å². The lowest BCUT2D eigenvalue weighted by molar-refractivity contribution is 0.0694. The van der Waals surface area contributed by atoms with Crippen LogP contribution >= 0.6 is 11.6 Å². The molecule has 2 atom stereocenters. The number of amides is 1. The third kappa shape index (κ3) is 2.12. The smallest absolute Gasteiger partial charge is 0.256 e. The van der Waals surface area contributed by atoms with E-state index in [4.69, 9.17) is 11.6 Å². The summed E-state index contributed by atoms with van der Waals surface area (Å²) < 4.78 is 23.3. The van der Waals surface area contributed by atoms with E-state index in [0.717, 1.165) is 0 Å². The van der Waals surface area contributed by atoms with Crippen molar-refractivity contribution < 1.29 is 13.2 Å². The van der Waals surface area contributed by atoms with E-state index >= 15 is 0 Å². The van der Waals surface area contributed by atoms with Gasteiger partial charge in [0, 0.05) is 16.6 Å². The molecule has 110 valence electrons. The summed E-state index contributed by atoms with van der Waals surface area (Å²) in [6, 6.07) is 4.30. The molecule has 2 aliphatic rings. The van der Waals surface area contributed by atoms with Gasteiger partial charge in [0.15, 0.2) is 9.84 Å². The second-order valence-corrected chi connectivity index (χ2v) is 8.07. The highest BCUT2D eigenvalue weighted by Crippen LogP contribution is 2.40. The first-order valence-corrected chi connectivity index (χ1v) is 8.77. The molecule has 1 fully saturated rings. The Bertz CT molecular complexity index is 782. The van der Waals surface area contributed by atoms with Gasteiger partial charge in [-0.25, -0.2) is 8.42 Å². The number of carbonyl (C=O) groups is 1. The molecular formula is C14H13ClN2O3S. The van der Waals surface area contributed by atoms with Crippen LogP contribution in [0.4, 0.5) is 0 Å². The molecule has 1 saturated heterocycles. The van der Waals surface area contributed by atoms with Crippen LogP contribution in [-0.4, -0.2) is 36.8 Å². The Hall–Kier alpha value is -1.58. The second kappa shape index (κ2) is 4.72. The van der Waals surface area contributed by atoms with Gasteiger partial charge in [0.1, 0.15) is 6.04 Å². The molecule has 7 heteroatoms. The van der Waals surface area contributed by atoms with E-state index in [1.54, 1.807) is 19.1 Å². The number of halogens is 1. The van der Waals surface area contributed by atoms with Gasteiger partial charge in [0.25, 0.3) is 5.91 Å². The monoisotopic (exact) mass is 324 g/mol. The van der Waals surface area contributed by atoms with Crippen molar-refractivity contribution in [3.05, 3.63) is 33.8 Å². The minimum absolute atomic E-state index is 0.0652. The maximum Gasteiger partial charge on any atom is 0.256 e. The number of carbonyl (C=O) groups excluding carboxylic acids is 1. The number of rotatable bonds is 1. The van der Waals surface area contributed by atoms with Crippen molar-refractivity contribution in [2.75, 3.05) is 11.5 Å². The van der Waals surface area contributed by atoms with Gasteiger partial charge in [0.2, 0.25) is 0 Å². The number of hydrogen-bond donors (Lipinski definition) is 0. The lowest BCUT2D eigenvalue weighted by atomic mass is 10.0. The normalized spacial score (nSPS) is 26.7. The van der Waals surface area contributed by atoms with Crippen LogP contribution in [-0.2, 0) is 9.84 Å². The number of fused-ring (bicyclic) bond motifs is 1. The molecule has 0 aromatic heterocycles. The first-order valence-electron chi connectivity index (χ1n) is 6.57. The fraction of sp³-hybridized carbons (Fsp3) is 0.429. The molecular weight excluding hydrogens is 312 g/mol. The van der Waals surface area contributed by atoms with Crippen molar-refractivity contribution >= 4 is 27.3 Å². The molecule has 2 unspecified atom stereocenters. The number of benzene rings is 1. The van der Waals surface area contributed by atoms with E-state index in [1.165, 1.54) is 4.90 Å². The van der Waals surface area contributed by atoms with Crippen molar-refractivity contribution in [3.8, 4) is 6.07 Å². The zero-order valence-electron chi connectivity index (χ0n) is 11.3. The standard InChI is InChI=1S/C14H13ClN2O3S/c1-8-11(15)3-2-10-12(6-16)17(14(18)13(8)10)9-4-5-21(19,20)7-9/h2-3,9,12H,4-5,7H2,1H3. The third-order valence-corrected chi connectivity index (χ3v) is 6.34. The van der Waals surface area contributed by atoms with Crippen molar-refractivity contribution in [2.45, 2.75) is 25.4 Å². The van der Waals surface area contributed by atoms with E-state index in [9.17, 15) is 18.5 Å². The van der Waals surface area contributed by atoms with Gasteiger partial charge in [-0.3, -0.25) is 4.79 Å². The van der Waals surface area contributed by atoms with Gasteiger partial charge >= 0.3 is 0 Å². The summed E-state index contributed by atoms with van der Waals surface area (Å²) in [5, 5.41) is 9.90. The van der Waals surface area contributed by atoms with E-state index in [0.29, 0.717) is 28.1 Å². The molecule has 0 saturated carbocycles. The van der Waals surface area contributed by atoms with Crippen LogP contribution in [0, 0.1) is 18.3 Å². The van der Waals surface area contributed by atoms with Crippen molar-refractivity contribution in [1.82, 2.24) is 4.90 Å². The quantitative estimate of drug-likeness (QED) is 0.790. The first kappa shape index (κ1) is 14.4. The molecule has 1 amide bonds. The Kier molecular flexibility index (Phi) is 3.23. The van der Waals surface area contributed by atoms with Crippen LogP contribution in [0.5, 0.6) is 0 Å². The minimum Gasteiger partial charge on any atom is -0.314 e. The van der Waals surface area contributed by atoms with Crippen LogP contribution in [0.15, 0.2) is 12.1 Å². The average Bonchev–Trinajstić information content (AvgIpc) is 2.91. The summed E-state index contributed by atoms with van der Waals surface area (Å²) >= 11 is 6.05. The highest BCUT2D eigenvalue weighted by Gasteiger charge is 2.45.